The van der Waals surface area contributed by atoms with Crippen molar-refractivity contribution in [3.05, 3.63) is 52.0 Å². The summed E-state index contributed by atoms with van der Waals surface area (Å²) in [6, 6.07) is 8.31. The summed E-state index contributed by atoms with van der Waals surface area (Å²) >= 11 is 6.11. The van der Waals surface area contributed by atoms with Crippen molar-refractivity contribution in [2.24, 2.45) is 0 Å². The fourth-order valence-electron chi connectivity index (χ4n) is 3.16. The summed E-state index contributed by atoms with van der Waals surface area (Å²) < 4.78 is 16.1. The summed E-state index contributed by atoms with van der Waals surface area (Å²) in [5, 5.41) is 0.240. The number of esters is 1. The van der Waals surface area contributed by atoms with Crippen molar-refractivity contribution in [3.8, 4) is 11.5 Å². The minimum atomic E-state index is -0.842. The van der Waals surface area contributed by atoms with Gasteiger partial charge in [0.2, 0.25) is 6.23 Å². The molecule has 2 aliphatic heterocycles. The Hall–Kier alpha value is -2.73. The van der Waals surface area contributed by atoms with E-state index in [1.54, 1.807) is 30.3 Å². The van der Waals surface area contributed by atoms with E-state index in [0.29, 0.717) is 28.3 Å². The molecule has 0 N–H and O–H groups in total. The van der Waals surface area contributed by atoms with Gasteiger partial charge in [0.05, 0.1) is 30.5 Å². The van der Waals surface area contributed by atoms with Crippen LogP contribution in [0.2, 0.25) is 5.02 Å². The number of carbonyl (C=O) groups excluding carboxylic acids is 2. The molecule has 0 spiro atoms. The SMILES string of the molecule is COc1ccc2c(c1OC)C(=O)N1c3cccc(Cl)c3C(=O)O[C@@H]21. The zero-order chi connectivity index (χ0) is 17.0. The minimum Gasteiger partial charge on any atom is -0.493 e. The van der Waals surface area contributed by atoms with Crippen molar-refractivity contribution >= 4 is 29.2 Å². The van der Waals surface area contributed by atoms with Gasteiger partial charge >= 0.3 is 5.97 Å². The van der Waals surface area contributed by atoms with Crippen LogP contribution in [0.25, 0.3) is 0 Å². The molecule has 0 saturated heterocycles. The first-order valence-electron chi connectivity index (χ1n) is 7.16. The van der Waals surface area contributed by atoms with E-state index in [0.717, 1.165) is 0 Å². The molecule has 2 aromatic carbocycles. The minimum absolute atomic E-state index is 0.183. The highest BCUT2D eigenvalue weighted by atomic mass is 35.5. The number of carbonyl (C=O) groups is 2. The van der Waals surface area contributed by atoms with Gasteiger partial charge in [0.25, 0.3) is 5.91 Å². The summed E-state index contributed by atoms with van der Waals surface area (Å²) in [5.41, 5.74) is 1.48. The van der Waals surface area contributed by atoms with Crippen molar-refractivity contribution in [2.45, 2.75) is 6.23 Å². The van der Waals surface area contributed by atoms with E-state index >= 15 is 0 Å². The quantitative estimate of drug-likeness (QED) is 0.782. The highest BCUT2D eigenvalue weighted by molar-refractivity contribution is 6.35. The molecular formula is C17H12ClNO5. The number of fused-ring (bicyclic) bond motifs is 5. The number of hydrogen-bond acceptors (Lipinski definition) is 5. The number of halogens is 1. The fraction of sp³-hybridized carbons (Fsp3) is 0.176. The number of anilines is 1. The number of methoxy groups -OCH3 is 2. The summed E-state index contributed by atoms with van der Waals surface area (Å²) in [6.07, 6.45) is -0.842. The van der Waals surface area contributed by atoms with Crippen molar-refractivity contribution in [2.75, 3.05) is 19.1 Å². The molecule has 0 radical (unpaired) electrons. The lowest BCUT2D eigenvalue weighted by atomic mass is 10.1. The van der Waals surface area contributed by atoms with E-state index in [1.807, 2.05) is 0 Å². The third kappa shape index (κ3) is 1.77. The van der Waals surface area contributed by atoms with Gasteiger partial charge in [-0.2, -0.15) is 0 Å². The van der Waals surface area contributed by atoms with Crippen molar-refractivity contribution in [1.29, 1.82) is 0 Å². The van der Waals surface area contributed by atoms with Crippen molar-refractivity contribution in [3.63, 3.8) is 0 Å². The molecule has 0 bridgehead atoms. The second-order valence-electron chi connectivity index (χ2n) is 5.33. The van der Waals surface area contributed by atoms with Crippen LogP contribution < -0.4 is 14.4 Å². The fourth-order valence-corrected chi connectivity index (χ4v) is 3.41. The van der Waals surface area contributed by atoms with Crippen LogP contribution in [0, 0.1) is 0 Å². The zero-order valence-corrected chi connectivity index (χ0v) is 13.6. The third-order valence-corrected chi connectivity index (χ3v) is 4.50. The number of nitrogens with zero attached hydrogens (tertiary/aromatic N) is 1. The average molecular weight is 346 g/mol. The van der Waals surface area contributed by atoms with E-state index in [9.17, 15) is 9.59 Å². The monoisotopic (exact) mass is 345 g/mol. The number of ether oxygens (including phenoxy) is 3. The van der Waals surface area contributed by atoms with Crippen LogP contribution in [0.5, 0.6) is 11.5 Å². The van der Waals surface area contributed by atoms with Gasteiger partial charge in [-0.3, -0.25) is 9.69 Å². The standard InChI is InChI=1S/C17H12ClNO5/c1-22-11-7-6-8-12(14(11)23-2)15(20)19-10-5-3-4-9(18)13(10)17(21)24-16(8)19/h3-7,16H,1-2H3/t16-/m0/s1. The molecule has 0 aromatic heterocycles. The van der Waals surface area contributed by atoms with Gasteiger partial charge in [0.15, 0.2) is 11.5 Å². The molecule has 4 rings (SSSR count). The van der Waals surface area contributed by atoms with Crippen LogP contribution >= 0.6 is 11.6 Å². The molecular weight excluding hydrogens is 334 g/mol. The van der Waals surface area contributed by atoms with E-state index in [1.165, 1.54) is 19.1 Å². The smallest absolute Gasteiger partial charge is 0.344 e. The van der Waals surface area contributed by atoms with Crippen molar-refractivity contribution in [1.82, 2.24) is 0 Å². The van der Waals surface area contributed by atoms with Crippen LogP contribution in [0.3, 0.4) is 0 Å². The number of rotatable bonds is 2. The van der Waals surface area contributed by atoms with Gasteiger partial charge in [-0.15, -0.1) is 0 Å². The van der Waals surface area contributed by atoms with Crippen LogP contribution in [0.15, 0.2) is 30.3 Å². The summed E-state index contributed by atoms with van der Waals surface area (Å²) in [6.45, 7) is 0. The zero-order valence-electron chi connectivity index (χ0n) is 12.8. The molecule has 24 heavy (non-hydrogen) atoms. The average Bonchev–Trinajstić information content (AvgIpc) is 2.86. The Morgan fingerprint density at radius 3 is 2.58 bits per heavy atom. The van der Waals surface area contributed by atoms with Crippen LogP contribution in [-0.4, -0.2) is 26.1 Å². The van der Waals surface area contributed by atoms with E-state index in [-0.39, 0.29) is 16.5 Å². The first-order valence-corrected chi connectivity index (χ1v) is 7.54. The van der Waals surface area contributed by atoms with Gasteiger partial charge < -0.3 is 14.2 Å². The Morgan fingerprint density at radius 1 is 1.08 bits per heavy atom. The molecule has 2 aliphatic rings. The third-order valence-electron chi connectivity index (χ3n) is 4.19. The van der Waals surface area contributed by atoms with Gasteiger partial charge in [-0.1, -0.05) is 17.7 Å². The molecule has 2 aromatic rings. The van der Waals surface area contributed by atoms with Crippen LogP contribution in [0.4, 0.5) is 5.69 Å². The Labute approximate surface area is 142 Å². The Kier molecular flexibility index (Phi) is 3.18. The highest BCUT2D eigenvalue weighted by Crippen LogP contribution is 2.49. The molecule has 0 unspecified atom stereocenters. The lowest BCUT2D eigenvalue weighted by Crippen LogP contribution is -2.36. The molecule has 2 heterocycles. The highest BCUT2D eigenvalue weighted by Gasteiger charge is 2.47. The number of amides is 1. The van der Waals surface area contributed by atoms with Crippen LogP contribution in [-0.2, 0) is 4.74 Å². The lowest BCUT2D eigenvalue weighted by Gasteiger charge is -2.31. The number of hydrogen-bond donors (Lipinski definition) is 0. The van der Waals surface area contributed by atoms with E-state index < -0.39 is 12.2 Å². The lowest BCUT2D eigenvalue weighted by molar-refractivity contribution is 0.0273. The Morgan fingerprint density at radius 2 is 1.88 bits per heavy atom. The van der Waals surface area contributed by atoms with Crippen molar-refractivity contribution < 1.29 is 23.8 Å². The largest absolute Gasteiger partial charge is 0.493 e. The normalized spacial score (nSPS) is 17.8. The predicted octanol–water partition coefficient (Wildman–Crippen LogP) is 3.19. The van der Waals surface area contributed by atoms with E-state index in [4.69, 9.17) is 25.8 Å². The first kappa shape index (κ1) is 14.8. The second-order valence-corrected chi connectivity index (χ2v) is 5.74. The Bertz CT molecular complexity index is 895. The summed E-state index contributed by atoms with van der Waals surface area (Å²) in [7, 11) is 2.95. The maximum absolute atomic E-state index is 13.0. The van der Waals surface area contributed by atoms with Gasteiger partial charge in [0, 0.05) is 5.56 Å². The Balaban J connectivity index is 1.96. The van der Waals surface area contributed by atoms with Gasteiger partial charge in [-0.25, -0.2) is 4.79 Å². The van der Waals surface area contributed by atoms with Gasteiger partial charge in [0.1, 0.15) is 5.56 Å². The number of benzene rings is 2. The second kappa shape index (κ2) is 5.14. The maximum Gasteiger partial charge on any atom is 0.344 e. The summed E-state index contributed by atoms with van der Waals surface area (Å²) in [4.78, 5) is 26.8. The molecule has 1 amide bonds. The molecule has 7 heteroatoms. The maximum atomic E-state index is 13.0. The molecule has 1 atom stereocenters. The topological polar surface area (TPSA) is 65.1 Å². The molecule has 0 saturated carbocycles. The van der Waals surface area contributed by atoms with E-state index in [2.05, 4.69) is 0 Å². The molecule has 122 valence electrons. The summed E-state index contributed by atoms with van der Waals surface area (Å²) in [5.74, 6) is -0.148. The predicted molar refractivity (Wildman–Crippen MR) is 86.0 cm³/mol. The van der Waals surface area contributed by atoms with Gasteiger partial charge in [-0.05, 0) is 24.3 Å². The molecule has 0 aliphatic carbocycles. The molecule has 0 fully saturated rings. The molecule has 6 nitrogen and oxygen atoms in total. The first-order chi connectivity index (χ1) is 11.6. The van der Waals surface area contributed by atoms with Crippen LogP contribution in [0.1, 0.15) is 32.5 Å².